The van der Waals surface area contributed by atoms with Crippen molar-refractivity contribution in [1.82, 2.24) is 5.32 Å². The summed E-state index contributed by atoms with van der Waals surface area (Å²) >= 11 is 5.67. The van der Waals surface area contributed by atoms with Gasteiger partial charge in [0.25, 0.3) is 0 Å². The topological polar surface area (TPSA) is 38.0 Å². The number of nitrogens with two attached hydrogens (primary N) is 1. The quantitative estimate of drug-likeness (QED) is 0.869. The lowest BCUT2D eigenvalue weighted by molar-refractivity contribution is 0.443. The second-order valence-corrected chi connectivity index (χ2v) is 5.02. The Hall–Kier alpha value is -0.640. The predicted octanol–water partition coefficient (Wildman–Crippen LogP) is 3.01. The zero-order chi connectivity index (χ0) is 12.3. The van der Waals surface area contributed by atoms with Crippen LogP contribution in [0.25, 0.3) is 0 Å². The Labute approximate surface area is 106 Å². The van der Waals surface area contributed by atoms with Crippen LogP contribution in [0.2, 0.25) is 5.02 Å². The lowest BCUT2D eigenvalue weighted by Gasteiger charge is -2.22. The minimum Gasteiger partial charge on any atom is -0.329 e. The third kappa shape index (κ3) is 3.18. The molecule has 4 heteroatoms. The highest BCUT2D eigenvalue weighted by Crippen LogP contribution is 2.24. The number of nitrogens with one attached hydrogen (secondary N) is 1. The first-order valence-corrected chi connectivity index (χ1v) is 6.49. The zero-order valence-electron chi connectivity index (χ0n) is 9.76. The number of benzene rings is 1. The molecule has 0 radical (unpaired) electrons. The van der Waals surface area contributed by atoms with Crippen LogP contribution in [-0.4, -0.2) is 12.6 Å². The van der Waals surface area contributed by atoms with Crippen LogP contribution in [0.15, 0.2) is 18.2 Å². The molecule has 1 atom stereocenters. The van der Waals surface area contributed by atoms with Gasteiger partial charge in [-0.15, -0.1) is 0 Å². The van der Waals surface area contributed by atoms with Crippen molar-refractivity contribution in [3.05, 3.63) is 34.6 Å². The average Bonchev–Trinajstić information content (AvgIpc) is 2.82. The van der Waals surface area contributed by atoms with Gasteiger partial charge in [-0.05, 0) is 30.5 Å². The van der Waals surface area contributed by atoms with Crippen molar-refractivity contribution in [2.75, 3.05) is 6.54 Å². The van der Waals surface area contributed by atoms with E-state index in [0.717, 1.165) is 5.56 Å². The number of hydrogen-bond acceptors (Lipinski definition) is 2. The summed E-state index contributed by atoms with van der Waals surface area (Å²) in [5.41, 5.74) is 6.63. The first-order valence-electron chi connectivity index (χ1n) is 6.12. The molecule has 2 nitrogen and oxygen atoms in total. The summed E-state index contributed by atoms with van der Waals surface area (Å²) < 4.78 is 13.4. The molecule has 0 heterocycles. The van der Waals surface area contributed by atoms with Crippen molar-refractivity contribution in [3.63, 3.8) is 0 Å². The maximum absolute atomic E-state index is 13.4. The Kier molecular flexibility index (Phi) is 4.37. The Morgan fingerprint density at radius 1 is 1.41 bits per heavy atom. The summed E-state index contributed by atoms with van der Waals surface area (Å²) in [6.45, 7) is 0.470. The highest BCUT2D eigenvalue weighted by atomic mass is 35.5. The predicted molar refractivity (Wildman–Crippen MR) is 68.6 cm³/mol. The first-order chi connectivity index (χ1) is 8.20. The average molecular weight is 257 g/mol. The van der Waals surface area contributed by atoms with Gasteiger partial charge in [-0.3, -0.25) is 0 Å². The SMILES string of the molecule is NCC(NC1CCCC1)c1ccc(Cl)c(F)c1. The summed E-state index contributed by atoms with van der Waals surface area (Å²) in [6.07, 6.45) is 4.91. The monoisotopic (exact) mass is 256 g/mol. The Balaban J connectivity index is 2.08. The molecule has 3 N–H and O–H groups in total. The number of halogens is 2. The van der Waals surface area contributed by atoms with Gasteiger partial charge in [0.1, 0.15) is 5.82 Å². The van der Waals surface area contributed by atoms with Crippen LogP contribution < -0.4 is 11.1 Å². The van der Waals surface area contributed by atoms with Crippen molar-refractivity contribution in [2.45, 2.75) is 37.8 Å². The highest BCUT2D eigenvalue weighted by Gasteiger charge is 2.19. The minimum atomic E-state index is -0.379. The number of hydrogen-bond donors (Lipinski definition) is 2. The van der Waals surface area contributed by atoms with E-state index in [1.807, 2.05) is 6.07 Å². The molecule has 1 saturated carbocycles. The van der Waals surface area contributed by atoms with Crippen molar-refractivity contribution in [3.8, 4) is 0 Å². The molecule has 1 unspecified atom stereocenters. The Bertz CT molecular complexity index is 378. The highest BCUT2D eigenvalue weighted by molar-refractivity contribution is 6.30. The van der Waals surface area contributed by atoms with E-state index in [1.54, 1.807) is 6.07 Å². The van der Waals surface area contributed by atoms with Gasteiger partial charge in [0.2, 0.25) is 0 Å². The van der Waals surface area contributed by atoms with Gasteiger partial charge in [-0.2, -0.15) is 0 Å². The minimum absolute atomic E-state index is 0.0184. The molecule has 0 amide bonds. The smallest absolute Gasteiger partial charge is 0.142 e. The summed E-state index contributed by atoms with van der Waals surface area (Å²) in [7, 11) is 0. The molecular formula is C13H18ClFN2. The fourth-order valence-corrected chi connectivity index (χ4v) is 2.52. The molecule has 2 rings (SSSR count). The fraction of sp³-hybridized carbons (Fsp3) is 0.538. The van der Waals surface area contributed by atoms with Crippen LogP contribution in [0, 0.1) is 5.82 Å². The van der Waals surface area contributed by atoms with Crippen molar-refractivity contribution < 1.29 is 4.39 Å². The van der Waals surface area contributed by atoms with Crippen molar-refractivity contribution >= 4 is 11.6 Å². The van der Waals surface area contributed by atoms with E-state index in [-0.39, 0.29) is 16.9 Å². The van der Waals surface area contributed by atoms with Gasteiger partial charge in [0.15, 0.2) is 0 Å². The molecule has 1 aromatic carbocycles. The zero-order valence-corrected chi connectivity index (χ0v) is 10.5. The van der Waals surface area contributed by atoms with Gasteiger partial charge >= 0.3 is 0 Å². The summed E-state index contributed by atoms with van der Waals surface area (Å²) in [5, 5.41) is 3.65. The van der Waals surface area contributed by atoms with Crippen LogP contribution in [0.1, 0.15) is 37.3 Å². The normalized spacial score (nSPS) is 18.5. The third-order valence-corrected chi connectivity index (χ3v) is 3.68. The first kappa shape index (κ1) is 12.8. The lowest BCUT2D eigenvalue weighted by Crippen LogP contribution is -2.35. The van der Waals surface area contributed by atoms with Crippen LogP contribution in [0.5, 0.6) is 0 Å². The van der Waals surface area contributed by atoms with E-state index in [0.29, 0.717) is 12.6 Å². The largest absolute Gasteiger partial charge is 0.329 e. The van der Waals surface area contributed by atoms with E-state index in [2.05, 4.69) is 5.32 Å². The van der Waals surface area contributed by atoms with Gasteiger partial charge in [-0.25, -0.2) is 4.39 Å². The molecule has 1 aliphatic carbocycles. The van der Waals surface area contributed by atoms with E-state index in [1.165, 1.54) is 31.7 Å². The molecule has 17 heavy (non-hydrogen) atoms. The van der Waals surface area contributed by atoms with Crippen molar-refractivity contribution in [2.24, 2.45) is 5.73 Å². The van der Waals surface area contributed by atoms with E-state index >= 15 is 0 Å². The van der Waals surface area contributed by atoms with Gasteiger partial charge in [0.05, 0.1) is 5.02 Å². The summed E-state index contributed by atoms with van der Waals surface area (Å²) in [6, 6.07) is 5.44. The van der Waals surface area contributed by atoms with E-state index in [4.69, 9.17) is 17.3 Å². The molecule has 0 aliphatic heterocycles. The van der Waals surface area contributed by atoms with Crippen LogP contribution in [0.4, 0.5) is 4.39 Å². The lowest BCUT2D eigenvalue weighted by atomic mass is 10.1. The van der Waals surface area contributed by atoms with Crippen LogP contribution in [0.3, 0.4) is 0 Å². The molecule has 0 saturated heterocycles. The molecule has 0 spiro atoms. The molecule has 0 bridgehead atoms. The third-order valence-electron chi connectivity index (χ3n) is 3.37. The van der Waals surface area contributed by atoms with Gasteiger partial charge < -0.3 is 11.1 Å². The van der Waals surface area contributed by atoms with Crippen molar-refractivity contribution in [1.29, 1.82) is 0 Å². The van der Waals surface area contributed by atoms with Crippen LogP contribution >= 0.6 is 11.6 Å². The van der Waals surface area contributed by atoms with E-state index < -0.39 is 0 Å². The standard InChI is InChI=1S/C13H18ClFN2/c14-11-6-5-9(7-12(11)15)13(8-16)17-10-3-1-2-4-10/h5-7,10,13,17H,1-4,8,16H2. The summed E-state index contributed by atoms with van der Waals surface area (Å²) in [4.78, 5) is 0. The maximum Gasteiger partial charge on any atom is 0.142 e. The maximum atomic E-state index is 13.4. The Morgan fingerprint density at radius 3 is 2.71 bits per heavy atom. The molecule has 1 aliphatic rings. The second kappa shape index (κ2) is 5.80. The van der Waals surface area contributed by atoms with Gasteiger partial charge in [-0.1, -0.05) is 30.5 Å². The fourth-order valence-electron chi connectivity index (χ4n) is 2.41. The Morgan fingerprint density at radius 2 is 2.12 bits per heavy atom. The molecule has 94 valence electrons. The van der Waals surface area contributed by atoms with Gasteiger partial charge in [0, 0.05) is 18.6 Å². The molecule has 1 aromatic rings. The summed E-state index contributed by atoms with van der Waals surface area (Å²) in [5.74, 6) is -0.379. The van der Waals surface area contributed by atoms with E-state index in [9.17, 15) is 4.39 Å². The molecular weight excluding hydrogens is 239 g/mol. The number of rotatable bonds is 4. The molecule has 0 aromatic heterocycles. The molecule has 1 fully saturated rings. The van der Waals surface area contributed by atoms with Crippen LogP contribution in [-0.2, 0) is 0 Å². The second-order valence-electron chi connectivity index (χ2n) is 4.61.